The molecule has 0 aromatic heterocycles. The van der Waals surface area contributed by atoms with Crippen LogP contribution >= 0.6 is 12.6 Å². The third-order valence-electron chi connectivity index (χ3n) is 1.00. The van der Waals surface area contributed by atoms with Gasteiger partial charge in [0.2, 0.25) is 0 Å². The van der Waals surface area contributed by atoms with Crippen molar-refractivity contribution in [2.75, 3.05) is 5.75 Å². The molecule has 0 rings (SSSR count). The van der Waals surface area contributed by atoms with Gasteiger partial charge >= 0.3 is 0 Å². The fourth-order valence-electron chi connectivity index (χ4n) is 0.167. The lowest BCUT2D eigenvalue weighted by Gasteiger charge is -2.01. The average molecular weight is 115 g/mol. The Kier molecular flexibility index (Phi) is 3.18. The summed E-state index contributed by atoms with van der Waals surface area (Å²) in [4.78, 5) is 0. The Bertz CT molecular complexity index is 64.6. The molecule has 1 heteroatoms. The molecule has 0 unspecified atom stereocenters. The smallest absolute Gasteiger partial charge is 0.0247 e. The second kappa shape index (κ2) is 3.14. The lowest BCUT2D eigenvalue weighted by Crippen LogP contribution is -1.91. The highest BCUT2D eigenvalue weighted by atomic mass is 32.1. The molecule has 1 radical (unpaired) electrons. The van der Waals surface area contributed by atoms with Crippen LogP contribution in [0.4, 0.5) is 0 Å². The zero-order valence-corrected chi connectivity index (χ0v) is 5.72. The Morgan fingerprint density at radius 1 is 1.71 bits per heavy atom. The van der Waals surface area contributed by atoms with Crippen LogP contribution in [-0.2, 0) is 0 Å². The molecule has 0 aliphatic heterocycles. The van der Waals surface area contributed by atoms with Crippen LogP contribution in [0.5, 0.6) is 0 Å². The summed E-state index contributed by atoms with van der Waals surface area (Å²) < 4.78 is 0. The van der Waals surface area contributed by atoms with Crippen LogP contribution in [0.1, 0.15) is 13.8 Å². The summed E-state index contributed by atoms with van der Waals surface area (Å²) >= 11 is 4.75. The first-order valence-corrected chi connectivity index (χ1v) is 3.02. The molecular weight excluding hydrogens is 104 g/mol. The summed E-state index contributed by atoms with van der Waals surface area (Å²) in [6.45, 7) is 7.98. The van der Waals surface area contributed by atoms with E-state index in [-0.39, 0.29) is 0 Å². The minimum atomic E-state index is 0.567. The highest BCUT2D eigenvalue weighted by Crippen LogP contribution is 2.06. The van der Waals surface area contributed by atoms with Gasteiger partial charge in [-0.2, -0.15) is 0 Å². The van der Waals surface area contributed by atoms with E-state index in [0.717, 1.165) is 5.57 Å². The fourth-order valence-corrected chi connectivity index (χ4v) is 0.500. The van der Waals surface area contributed by atoms with Crippen LogP contribution in [-0.4, -0.2) is 5.75 Å². The topological polar surface area (TPSA) is 0 Å². The van der Waals surface area contributed by atoms with Crippen LogP contribution < -0.4 is 0 Å². The Labute approximate surface area is 51.0 Å². The Hall–Kier alpha value is 0.0900. The van der Waals surface area contributed by atoms with Gasteiger partial charge < -0.3 is 0 Å². The maximum absolute atomic E-state index is 4.75. The first kappa shape index (κ1) is 7.09. The van der Waals surface area contributed by atoms with Crippen LogP contribution in [0.15, 0.2) is 12.2 Å². The van der Waals surface area contributed by atoms with E-state index < -0.39 is 0 Å². The van der Waals surface area contributed by atoms with Gasteiger partial charge in [0.15, 0.2) is 0 Å². The van der Waals surface area contributed by atoms with E-state index in [9.17, 15) is 0 Å². The monoisotopic (exact) mass is 115 g/mol. The second-order valence-electron chi connectivity index (χ2n) is 1.96. The van der Waals surface area contributed by atoms with Crippen molar-refractivity contribution in [2.24, 2.45) is 5.92 Å². The van der Waals surface area contributed by atoms with Crippen molar-refractivity contribution >= 4 is 12.6 Å². The molecule has 0 fully saturated rings. The molecule has 0 amide bonds. The maximum atomic E-state index is 4.75. The fraction of sp³-hybridized carbons (Fsp3) is 0.667. The lowest BCUT2D eigenvalue weighted by atomic mass is 10.1. The molecular formula is C6H11S. The third-order valence-corrected chi connectivity index (χ3v) is 1.37. The van der Waals surface area contributed by atoms with Crippen molar-refractivity contribution in [2.45, 2.75) is 13.8 Å². The minimum absolute atomic E-state index is 0.567. The molecule has 0 saturated heterocycles. The van der Waals surface area contributed by atoms with Gasteiger partial charge in [-0.25, -0.2) is 0 Å². The SMILES string of the molecule is C=C(C[S])C(C)C. The predicted molar refractivity (Wildman–Crippen MR) is 36.4 cm³/mol. The van der Waals surface area contributed by atoms with E-state index in [1.807, 2.05) is 0 Å². The molecule has 0 nitrogen and oxygen atoms in total. The normalized spacial score (nSPS) is 9.71. The van der Waals surface area contributed by atoms with E-state index in [2.05, 4.69) is 20.4 Å². The van der Waals surface area contributed by atoms with Crippen molar-refractivity contribution in [1.29, 1.82) is 0 Å². The molecule has 0 aliphatic carbocycles. The Morgan fingerprint density at radius 3 is 2.14 bits per heavy atom. The number of rotatable bonds is 2. The summed E-state index contributed by atoms with van der Waals surface area (Å²) in [5.41, 5.74) is 1.16. The molecule has 0 aliphatic rings. The highest BCUT2D eigenvalue weighted by Gasteiger charge is 1.94. The molecule has 0 heterocycles. The van der Waals surface area contributed by atoms with Crippen LogP contribution in [0.2, 0.25) is 0 Å². The summed E-state index contributed by atoms with van der Waals surface area (Å²) in [5.74, 6) is 1.27. The summed E-state index contributed by atoms with van der Waals surface area (Å²) in [7, 11) is 0. The molecule has 0 aromatic rings. The van der Waals surface area contributed by atoms with Crippen molar-refractivity contribution in [3.63, 3.8) is 0 Å². The van der Waals surface area contributed by atoms with Crippen LogP contribution in [0.25, 0.3) is 0 Å². The molecule has 0 saturated carbocycles. The van der Waals surface area contributed by atoms with E-state index in [4.69, 9.17) is 12.6 Å². The lowest BCUT2D eigenvalue weighted by molar-refractivity contribution is 0.777. The van der Waals surface area contributed by atoms with E-state index in [1.54, 1.807) is 0 Å². The molecule has 41 valence electrons. The van der Waals surface area contributed by atoms with E-state index in [0.29, 0.717) is 11.7 Å². The minimum Gasteiger partial charge on any atom is -0.0987 e. The zero-order valence-electron chi connectivity index (χ0n) is 4.90. The van der Waals surface area contributed by atoms with E-state index in [1.165, 1.54) is 0 Å². The van der Waals surface area contributed by atoms with Gasteiger partial charge in [0.05, 0.1) is 0 Å². The van der Waals surface area contributed by atoms with Crippen molar-refractivity contribution in [3.8, 4) is 0 Å². The molecule has 0 bridgehead atoms. The third kappa shape index (κ3) is 2.75. The van der Waals surface area contributed by atoms with Gasteiger partial charge in [-0.1, -0.05) is 38.6 Å². The van der Waals surface area contributed by atoms with Gasteiger partial charge in [0, 0.05) is 5.75 Å². The Morgan fingerprint density at radius 2 is 2.14 bits per heavy atom. The molecule has 0 atom stereocenters. The first-order valence-electron chi connectivity index (χ1n) is 2.44. The first-order chi connectivity index (χ1) is 3.18. The summed E-state index contributed by atoms with van der Waals surface area (Å²) in [6.07, 6.45) is 0. The van der Waals surface area contributed by atoms with Gasteiger partial charge in [-0.15, -0.1) is 0 Å². The van der Waals surface area contributed by atoms with Crippen molar-refractivity contribution < 1.29 is 0 Å². The van der Waals surface area contributed by atoms with Crippen molar-refractivity contribution in [1.82, 2.24) is 0 Å². The molecule has 7 heavy (non-hydrogen) atoms. The number of hydrogen-bond donors (Lipinski definition) is 0. The van der Waals surface area contributed by atoms with Gasteiger partial charge in [-0.05, 0) is 5.92 Å². The number of hydrogen-bond acceptors (Lipinski definition) is 0. The van der Waals surface area contributed by atoms with Gasteiger partial charge in [0.1, 0.15) is 0 Å². The second-order valence-corrected chi connectivity index (χ2v) is 2.25. The Balaban J connectivity index is 3.35. The van der Waals surface area contributed by atoms with Crippen LogP contribution in [0, 0.1) is 5.92 Å². The van der Waals surface area contributed by atoms with Crippen molar-refractivity contribution in [3.05, 3.63) is 12.2 Å². The molecule has 0 N–H and O–H groups in total. The van der Waals surface area contributed by atoms with Gasteiger partial charge in [-0.3, -0.25) is 0 Å². The molecule has 0 spiro atoms. The zero-order chi connectivity index (χ0) is 5.86. The van der Waals surface area contributed by atoms with Crippen LogP contribution in [0.3, 0.4) is 0 Å². The highest BCUT2D eigenvalue weighted by molar-refractivity contribution is 7.80. The van der Waals surface area contributed by atoms with Gasteiger partial charge in [0.25, 0.3) is 0 Å². The molecule has 0 aromatic carbocycles. The largest absolute Gasteiger partial charge is 0.0987 e. The average Bonchev–Trinajstić information content (AvgIpc) is 1.65. The quantitative estimate of drug-likeness (QED) is 0.485. The summed E-state index contributed by atoms with van der Waals surface area (Å²) in [6, 6.07) is 0. The standard InChI is InChI=1S/C6H11S/c1-5(2)6(3)4-7/h5H,3-4H2,1-2H3. The predicted octanol–water partition coefficient (Wildman–Crippen LogP) is 2.40. The van der Waals surface area contributed by atoms with E-state index >= 15 is 0 Å². The summed E-state index contributed by atoms with van der Waals surface area (Å²) in [5, 5.41) is 0. The maximum Gasteiger partial charge on any atom is 0.0247 e.